The molecule has 0 radical (unpaired) electrons. The maximum atomic E-state index is 12.4. The molecule has 1 unspecified atom stereocenters. The van der Waals surface area contributed by atoms with Crippen LogP contribution in [0.15, 0.2) is 42.5 Å². The molecule has 3 rings (SSSR count). The van der Waals surface area contributed by atoms with Gasteiger partial charge in [0.1, 0.15) is 24.2 Å². The number of anilines is 1. The summed E-state index contributed by atoms with van der Waals surface area (Å²) in [6.07, 6.45) is 2.24. The predicted octanol–water partition coefficient (Wildman–Crippen LogP) is 3.85. The Kier molecular flexibility index (Phi) is 19.1. The molecule has 0 aromatic heterocycles. The summed E-state index contributed by atoms with van der Waals surface area (Å²) in [6, 6.07) is 11.9. The number of rotatable bonds is 21. The van der Waals surface area contributed by atoms with E-state index in [2.05, 4.69) is 22.9 Å². The molecule has 1 aliphatic heterocycles. The average molecular weight is 701 g/mol. The Balaban J connectivity index is 0.000000356. The van der Waals surface area contributed by atoms with Crippen LogP contribution in [-0.2, 0) is 46.4 Å². The largest absolute Gasteiger partial charge is 0.491 e. The Morgan fingerprint density at radius 1 is 0.940 bits per heavy atom. The highest BCUT2D eigenvalue weighted by molar-refractivity contribution is 6.02. The van der Waals surface area contributed by atoms with Gasteiger partial charge < -0.3 is 49.3 Å². The highest BCUT2D eigenvalue weighted by Crippen LogP contribution is 2.31. The van der Waals surface area contributed by atoms with Gasteiger partial charge in [0.05, 0.1) is 39.1 Å². The van der Waals surface area contributed by atoms with Crippen LogP contribution in [0.2, 0.25) is 0 Å². The van der Waals surface area contributed by atoms with Gasteiger partial charge in [-0.2, -0.15) is 0 Å². The number of fused-ring (bicyclic) bond motifs is 1. The van der Waals surface area contributed by atoms with Crippen molar-refractivity contribution in [1.29, 1.82) is 0 Å². The minimum atomic E-state index is -0.665. The first-order valence-electron chi connectivity index (χ1n) is 16.7. The van der Waals surface area contributed by atoms with Crippen LogP contribution >= 0.6 is 0 Å². The van der Waals surface area contributed by atoms with E-state index >= 15 is 0 Å². The van der Waals surface area contributed by atoms with Gasteiger partial charge in [-0.3, -0.25) is 14.4 Å². The van der Waals surface area contributed by atoms with E-state index < -0.39 is 17.7 Å². The number of hydrogen-bond donors (Lipinski definition) is 3. The van der Waals surface area contributed by atoms with Crippen LogP contribution in [0, 0.1) is 0 Å². The summed E-state index contributed by atoms with van der Waals surface area (Å²) in [5, 5.41) is 7.77. The SMILES string of the molecule is CCCOCCOCCOCCOc1cccc(CNC(=O)OC(C)(C)C)c1.CNC(=O)CCC(C=O)N1Cc2c(NC=O)cccc2C1=O. The van der Waals surface area contributed by atoms with Crippen LogP contribution in [0.5, 0.6) is 5.75 Å². The van der Waals surface area contributed by atoms with Crippen molar-refractivity contribution in [2.24, 2.45) is 0 Å². The molecule has 0 fully saturated rings. The minimum absolute atomic E-state index is 0.166. The van der Waals surface area contributed by atoms with Crippen LogP contribution in [0.4, 0.5) is 10.5 Å². The summed E-state index contributed by atoms with van der Waals surface area (Å²) in [4.78, 5) is 58.8. The Morgan fingerprint density at radius 3 is 2.22 bits per heavy atom. The molecular weight excluding hydrogens is 648 g/mol. The second-order valence-electron chi connectivity index (χ2n) is 12.1. The molecule has 2 aromatic carbocycles. The molecule has 4 amide bonds. The third-order valence-electron chi connectivity index (χ3n) is 7.04. The molecule has 276 valence electrons. The van der Waals surface area contributed by atoms with Gasteiger partial charge in [0, 0.05) is 50.0 Å². The monoisotopic (exact) mass is 700 g/mol. The van der Waals surface area contributed by atoms with E-state index in [1.54, 1.807) is 18.2 Å². The molecule has 1 heterocycles. The number of carbonyl (C=O) groups excluding carboxylic acids is 5. The highest BCUT2D eigenvalue weighted by atomic mass is 16.6. The second kappa shape index (κ2) is 23.0. The summed E-state index contributed by atoms with van der Waals surface area (Å²) in [6.45, 7) is 12.2. The Hall–Kier alpha value is -4.53. The number of amides is 4. The Bertz CT molecular complexity index is 1360. The van der Waals surface area contributed by atoms with Gasteiger partial charge in [-0.05, 0) is 63.4 Å². The van der Waals surface area contributed by atoms with Crippen molar-refractivity contribution >= 4 is 36.3 Å². The fourth-order valence-corrected chi connectivity index (χ4v) is 4.66. The zero-order valence-corrected chi connectivity index (χ0v) is 29.8. The summed E-state index contributed by atoms with van der Waals surface area (Å²) in [7, 11) is 1.52. The molecule has 3 N–H and O–H groups in total. The van der Waals surface area contributed by atoms with Crippen molar-refractivity contribution in [2.75, 3.05) is 58.6 Å². The molecule has 0 saturated carbocycles. The quantitative estimate of drug-likeness (QED) is 0.128. The summed E-state index contributed by atoms with van der Waals surface area (Å²) in [5.74, 6) is 0.286. The topological polar surface area (TPSA) is 171 Å². The van der Waals surface area contributed by atoms with Gasteiger partial charge in [-0.25, -0.2) is 4.79 Å². The van der Waals surface area contributed by atoms with Crippen molar-refractivity contribution < 1.29 is 47.7 Å². The van der Waals surface area contributed by atoms with Crippen LogP contribution in [-0.4, -0.2) is 100 Å². The van der Waals surface area contributed by atoms with Crippen LogP contribution in [0.25, 0.3) is 0 Å². The fraction of sp³-hybridized carbons (Fsp3) is 0.528. The average Bonchev–Trinajstić information content (AvgIpc) is 3.43. The molecular formula is C36H52N4O10. The Morgan fingerprint density at radius 2 is 1.60 bits per heavy atom. The van der Waals surface area contributed by atoms with E-state index in [-0.39, 0.29) is 31.2 Å². The molecule has 14 nitrogen and oxygen atoms in total. The minimum Gasteiger partial charge on any atom is -0.491 e. The molecule has 50 heavy (non-hydrogen) atoms. The molecule has 1 aliphatic rings. The molecule has 0 spiro atoms. The van der Waals surface area contributed by atoms with E-state index in [0.29, 0.717) is 75.7 Å². The van der Waals surface area contributed by atoms with Gasteiger partial charge in [-0.15, -0.1) is 0 Å². The van der Waals surface area contributed by atoms with Crippen LogP contribution in [0.3, 0.4) is 0 Å². The first-order valence-corrected chi connectivity index (χ1v) is 16.7. The zero-order valence-electron chi connectivity index (χ0n) is 29.8. The Labute approximate surface area is 294 Å². The van der Waals surface area contributed by atoms with Gasteiger partial charge in [0.25, 0.3) is 5.91 Å². The maximum absolute atomic E-state index is 12.4. The van der Waals surface area contributed by atoms with Gasteiger partial charge >= 0.3 is 6.09 Å². The van der Waals surface area contributed by atoms with Crippen molar-refractivity contribution in [3.8, 4) is 5.75 Å². The number of aldehydes is 1. The summed E-state index contributed by atoms with van der Waals surface area (Å²) < 4.78 is 27.1. The van der Waals surface area contributed by atoms with Crippen molar-refractivity contribution in [3.63, 3.8) is 0 Å². The lowest BCUT2D eigenvalue weighted by Gasteiger charge is -2.22. The molecule has 14 heteroatoms. The van der Waals surface area contributed by atoms with Crippen molar-refractivity contribution in [2.45, 2.75) is 71.7 Å². The van der Waals surface area contributed by atoms with Crippen molar-refractivity contribution in [1.82, 2.24) is 15.5 Å². The number of ether oxygens (including phenoxy) is 5. The highest BCUT2D eigenvalue weighted by Gasteiger charge is 2.34. The lowest BCUT2D eigenvalue weighted by atomic mass is 10.1. The summed E-state index contributed by atoms with van der Waals surface area (Å²) in [5.41, 5.74) is 2.13. The third kappa shape index (κ3) is 15.8. The molecule has 2 aromatic rings. The number of nitrogens with one attached hydrogen (secondary N) is 3. The molecule has 1 atom stereocenters. The van der Waals surface area contributed by atoms with Crippen molar-refractivity contribution in [3.05, 3.63) is 59.2 Å². The van der Waals surface area contributed by atoms with Gasteiger partial charge in [-0.1, -0.05) is 25.1 Å². The first-order chi connectivity index (χ1) is 24.0. The zero-order chi connectivity index (χ0) is 36.8. The number of nitrogens with zero attached hydrogens (tertiary/aromatic N) is 1. The van der Waals surface area contributed by atoms with E-state index in [4.69, 9.17) is 23.7 Å². The van der Waals surface area contributed by atoms with Crippen LogP contribution in [0.1, 0.15) is 68.4 Å². The number of carbonyl (C=O) groups is 5. The first kappa shape index (κ1) is 41.6. The summed E-state index contributed by atoms with van der Waals surface area (Å²) >= 11 is 0. The lowest BCUT2D eigenvalue weighted by Crippen LogP contribution is -2.37. The molecule has 0 bridgehead atoms. The van der Waals surface area contributed by atoms with Crippen LogP contribution < -0.4 is 20.7 Å². The number of alkyl carbamates (subject to hydrolysis) is 1. The normalized spacial score (nSPS) is 12.6. The number of hydrogen-bond acceptors (Lipinski definition) is 10. The lowest BCUT2D eigenvalue weighted by molar-refractivity contribution is -0.121. The van der Waals surface area contributed by atoms with E-state index in [1.165, 1.54) is 11.9 Å². The number of benzene rings is 2. The second-order valence-corrected chi connectivity index (χ2v) is 12.1. The predicted molar refractivity (Wildman–Crippen MR) is 187 cm³/mol. The van der Waals surface area contributed by atoms with E-state index in [0.717, 1.165) is 24.3 Å². The molecule has 0 saturated heterocycles. The standard InChI is InChI=1S/C21H35NO6.C15H17N3O4/c1-5-9-24-10-11-25-12-13-26-14-15-27-19-8-6-7-18(16-19)17-22-20(23)28-21(2,3)4;1-16-14(21)6-5-10(8-19)18-7-12-11(15(18)22)3-2-4-13(12)17-9-20/h6-8,16H,5,9-15,17H2,1-4H3,(H,22,23);2-4,8-10H,5-7H2,1H3,(H,16,21)(H,17,20). The van der Waals surface area contributed by atoms with Gasteiger partial charge in [0.2, 0.25) is 12.3 Å². The molecule has 0 aliphatic carbocycles. The van der Waals surface area contributed by atoms with Gasteiger partial charge in [0.15, 0.2) is 0 Å². The smallest absolute Gasteiger partial charge is 0.407 e. The fourth-order valence-electron chi connectivity index (χ4n) is 4.66. The third-order valence-corrected chi connectivity index (χ3v) is 7.04. The van der Waals surface area contributed by atoms with E-state index in [1.807, 2.05) is 45.0 Å². The maximum Gasteiger partial charge on any atom is 0.407 e. The van der Waals surface area contributed by atoms with E-state index in [9.17, 15) is 24.0 Å².